The van der Waals surface area contributed by atoms with Crippen molar-refractivity contribution in [3.8, 4) is 5.75 Å². The third-order valence-electron chi connectivity index (χ3n) is 3.34. The van der Waals surface area contributed by atoms with Gasteiger partial charge in [-0.15, -0.1) is 0 Å². The van der Waals surface area contributed by atoms with E-state index in [0.29, 0.717) is 13.2 Å². The molecular weight excluding hydrogens is 262 g/mol. The van der Waals surface area contributed by atoms with Crippen molar-refractivity contribution >= 4 is 0 Å². The van der Waals surface area contributed by atoms with Gasteiger partial charge in [-0.2, -0.15) is 0 Å². The fourth-order valence-electron chi connectivity index (χ4n) is 2.28. The highest BCUT2D eigenvalue weighted by Gasteiger charge is 2.10. The minimum absolute atomic E-state index is 0.310. The molecule has 2 aromatic carbocycles. The number of aryl methyl sites for hydroxylation is 1. The second-order valence-corrected chi connectivity index (χ2v) is 5.41. The molecule has 0 aliphatic rings. The molecule has 0 aliphatic heterocycles. The molecule has 112 valence electrons. The highest BCUT2D eigenvalue weighted by molar-refractivity contribution is 5.31. The molecular formula is C18H23NO2. The van der Waals surface area contributed by atoms with Crippen LogP contribution in [0.25, 0.3) is 0 Å². The molecule has 0 spiro atoms. The second kappa shape index (κ2) is 7.81. The van der Waals surface area contributed by atoms with E-state index in [0.717, 1.165) is 17.9 Å². The fraction of sp³-hybridized carbons (Fsp3) is 0.333. The summed E-state index contributed by atoms with van der Waals surface area (Å²) in [5, 5.41) is 10.1. The predicted molar refractivity (Wildman–Crippen MR) is 85.5 cm³/mol. The summed E-state index contributed by atoms with van der Waals surface area (Å²) in [6, 6.07) is 18.1. The second-order valence-electron chi connectivity index (χ2n) is 5.41. The molecule has 1 atom stereocenters. The first-order valence-electron chi connectivity index (χ1n) is 7.24. The molecule has 0 radical (unpaired) electrons. The average molecular weight is 285 g/mol. The Bertz CT molecular complexity index is 542. The molecule has 0 saturated heterocycles. The first kappa shape index (κ1) is 15.5. The molecule has 3 heteroatoms. The van der Waals surface area contributed by atoms with Gasteiger partial charge in [0.2, 0.25) is 0 Å². The maximum absolute atomic E-state index is 10.1. The maximum atomic E-state index is 10.1. The lowest BCUT2D eigenvalue weighted by Gasteiger charge is -2.21. The van der Waals surface area contributed by atoms with Gasteiger partial charge in [0, 0.05) is 13.1 Å². The number of nitrogens with zero attached hydrogens (tertiary/aromatic N) is 1. The molecule has 0 aliphatic carbocycles. The van der Waals surface area contributed by atoms with Crippen LogP contribution in [0, 0.1) is 6.92 Å². The van der Waals surface area contributed by atoms with Gasteiger partial charge in [-0.3, -0.25) is 4.90 Å². The van der Waals surface area contributed by atoms with Crippen molar-refractivity contribution in [3.63, 3.8) is 0 Å². The van der Waals surface area contributed by atoms with E-state index in [9.17, 15) is 5.11 Å². The molecule has 0 bridgehead atoms. The van der Waals surface area contributed by atoms with Gasteiger partial charge in [-0.05, 0) is 31.2 Å². The summed E-state index contributed by atoms with van der Waals surface area (Å²) in [4.78, 5) is 2.10. The lowest BCUT2D eigenvalue weighted by molar-refractivity contribution is 0.0741. The molecule has 3 nitrogen and oxygen atoms in total. The monoisotopic (exact) mass is 285 g/mol. The van der Waals surface area contributed by atoms with E-state index < -0.39 is 6.10 Å². The van der Waals surface area contributed by atoms with Crippen molar-refractivity contribution in [1.82, 2.24) is 4.90 Å². The van der Waals surface area contributed by atoms with Gasteiger partial charge in [0.05, 0.1) is 0 Å². The number of hydrogen-bond donors (Lipinski definition) is 1. The van der Waals surface area contributed by atoms with Crippen LogP contribution in [0.2, 0.25) is 0 Å². The fourth-order valence-corrected chi connectivity index (χ4v) is 2.28. The number of benzene rings is 2. The van der Waals surface area contributed by atoms with Crippen LogP contribution in [0.4, 0.5) is 0 Å². The van der Waals surface area contributed by atoms with Crippen molar-refractivity contribution in [2.75, 3.05) is 20.2 Å². The molecule has 21 heavy (non-hydrogen) atoms. The Morgan fingerprint density at radius 2 is 1.71 bits per heavy atom. The van der Waals surface area contributed by atoms with Gasteiger partial charge >= 0.3 is 0 Å². The Labute approximate surface area is 126 Å². The van der Waals surface area contributed by atoms with E-state index in [1.165, 1.54) is 5.56 Å². The van der Waals surface area contributed by atoms with Gasteiger partial charge in [-0.1, -0.05) is 48.5 Å². The molecule has 1 N–H and O–H groups in total. The number of rotatable bonds is 7. The van der Waals surface area contributed by atoms with Gasteiger partial charge in [-0.25, -0.2) is 0 Å². The minimum Gasteiger partial charge on any atom is -0.491 e. The summed E-state index contributed by atoms with van der Waals surface area (Å²) in [5.74, 6) is 0.835. The van der Waals surface area contributed by atoms with Crippen LogP contribution in [0.15, 0.2) is 54.6 Å². The van der Waals surface area contributed by atoms with Crippen molar-refractivity contribution in [3.05, 3.63) is 65.7 Å². The summed E-state index contributed by atoms with van der Waals surface area (Å²) in [6.07, 6.45) is -0.502. The first-order chi connectivity index (χ1) is 10.1. The largest absolute Gasteiger partial charge is 0.491 e. The predicted octanol–water partition coefficient (Wildman–Crippen LogP) is 2.87. The minimum atomic E-state index is -0.502. The maximum Gasteiger partial charge on any atom is 0.122 e. The van der Waals surface area contributed by atoms with Crippen LogP contribution in [0.3, 0.4) is 0 Å². The zero-order valence-electron chi connectivity index (χ0n) is 12.7. The Kier molecular flexibility index (Phi) is 5.78. The summed E-state index contributed by atoms with van der Waals surface area (Å²) >= 11 is 0. The highest BCUT2D eigenvalue weighted by Crippen LogP contribution is 2.16. The van der Waals surface area contributed by atoms with Gasteiger partial charge in [0.25, 0.3) is 0 Å². The standard InChI is InChI=1S/C18H23NO2/c1-15-8-6-7-11-18(15)21-14-17(20)13-19(2)12-16-9-4-3-5-10-16/h3-11,17,20H,12-14H2,1-2H3/t17-/m1/s1. The zero-order chi connectivity index (χ0) is 15.1. The molecule has 0 unspecified atom stereocenters. The van der Waals surface area contributed by atoms with Crippen LogP contribution in [-0.2, 0) is 6.54 Å². The molecule has 2 rings (SSSR count). The topological polar surface area (TPSA) is 32.7 Å². The Hall–Kier alpha value is -1.84. The average Bonchev–Trinajstić information content (AvgIpc) is 2.47. The zero-order valence-corrected chi connectivity index (χ0v) is 12.7. The Balaban J connectivity index is 1.76. The lowest BCUT2D eigenvalue weighted by Crippen LogP contribution is -2.32. The highest BCUT2D eigenvalue weighted by atomic mass is 16.5. The van der Waals surface area contributed by atoms with E-state index >= 15 is 0 Å². The van der Waals surface area contributed by atoms with E-state index in [-0.39, 0.29) is 0 Å². The molecule has 0 amide bonds. The Morgan fingerprint density at radius 3 is 2.43 bits per heavy atom. The third-order valence-corrected chi connectivity index (χ3v) is 3.34. The van der Waals surface area contributed by atoms with E-state index in [2.05, 4.69) is 17.0 Å². The third kappa shape index (κ3) is 5.21. The van der Waals surface area contributed by atoms with E-state index in [1.54, 1.807) is 0 Å². The molecule has 2 aromatic rings. The van der Waals surface area contributed by atoms with Crippen molar-refractivity contribution < 1.29 is 9.84 Å². The van der Waals surface area contributed by atoms with Crippen LogP contribution in [0.5, 0.6) is 5.75 Å². The van der Waals surface area contributed by atoms with Crippen LogP contribution < -0.4 is 4.74 Å². The van der Waals surface area contributed by atoms with Crippen molar-refractivity contribution in [1.29, 1.82) is 0 Å². The first-order valence-corrected chi connectivity index (χ1v) is 7.24. The number of hydrogen-bond acceptors (Lipinski definition) is 3. The number of likely N-dealkylation sites (N-methyl/N-ethyl adjacent to an activating group) is 1. The lowest BCUT2D eigenvalue weighted by atomic mass is 10.2. The van der Waals surface area contributed by atoms with Crippen LogP contribution >= 0.6 is 0 Å². The summed E-state index contributed by atoms with van der Waals surface area (Å²) < 4.78 is 5.67. The number of aliphatic hydroxyl groups is 1. The number of aliphatic hydroxyl groups excluding tert-OH is 1. The molecule has 0 fully saturated rings. The van der Waals surface area contributed by atoms with Crippen molar-refractivity contribution in [2.45, 2.75) is 19.6 Å². The van der Waals surface area contributed by atoms with Gasteiger partial charge in [0.15, 0.2) is 0 Å². The smallest absolute Gasteiger partial charge is 0.122 e. The summed E-state index contributed by atoms with van der Waals surface area (Å²) in [6.45, 7) is 3.72. The molecule has 0 saturated carbocycles. The SMILES string of the molecule is Cc1ccccc1OC[C@H](O)CN(C)Cc1ccccc1. The summed E-state index contributed by atoms with van der Waals surface area (Å²) in [7, 11) is 2.00. The summed E-state index contributed by atoms with van der Waals surface area (Å²) in [5.41, 5.74) is 2.33. The van der Waals surface area contributed by atoms with Crippen LogP contribution in [0.1, 0.15) is 11.1 Å². The van der Waals surface area contributed by atoms with Gasteiger partial charge in [0.1, 0.15) is 18.5 Å². The van der Waals surface area contributed by atoms with E-state index in [4.69, 9.17) is 4.74 Å². The van der Waals surface area contributed by atoms with Crippen LogP contribution in [-0.4, -0.2) is 36.3 Å². The number of para-hydroxylation sites is 1. The molecule has 0 heterocycles. The molecule has 0 aromatic heterocycles. The van der Waals surface area contributed by atoms with E-state index in [1.807, 2.05) is 56.4 Å². The van der Waals surface area contributed by atoms with Crippen molar-refractivity contribution in [2.24, 2.45) is 0 Å². The Morgan fingerprint density at radius 1 is 1.05 bits per heavy atom. The quantitative estimate of drug-likeness (QED) is 0.849. The van der Waals surface area contributed by atoms with Gasteiger partial charge < -0.3 is 9.84 Å². The number of ether oxygens (including phenoxy) is 1. The normalized spacial score (nSPS) is 12.4.